The summed E-state index contributed by atoms with van der Waals surface area (Å²) in [6.07, 6.45) is 1.03. The van der Waals surface area contributed by atoms with Crippen LogP contribution in [-0.2, 0) is 21.2 Å². The lowest BCUT2D eigenvalue weighted by Crippen LogP contribution is -2.34. The molecule has 0 aliphatic heterocycles. The van der Waals surface area contributed by atoms with E-state index in [9.17, 15) is 23.3 Å². The largest absolute Gasteiger partial charge is 0.496 e. The molecule has 0 aromatic heterocycles. The van der Waals surface area contributed by atoms with E-state index in [1.54, 1.807) is 18.2 Å². The third kappa shape index (κ3) is 3.60. The zero-order valence-electron chi connectivity index (χ0n) is 14.1. The van der Waals surface area contributed by atoms with Gasteiger partial charge in [0, 0.05) is 6.07 Å². The number of nitro groups is 1. The van der Waals surface area contributed by atoms with E-state index in [1.807, 2.05) is 4.72 Å². The molecule has 0 radical (unpaired) electrons. The van der Waals surface area contributed by atoms with Gasteiger partial charge >= 0.3 is 0 Å². The quantitative estimate of drug-likeness (QED) is 0.598. The first-order chi connectivity index (χ1) is 12.7. The van der Waals surface area contributed by atoms with E-state index in [4.69, 9.17) is 16.3 Å². The van der Waals surface area contributed by atoms with Crippen LogP contribution in [0.15, 0.2) is 41.3 Å². The first kappa shape index (κ1) is 19.1. The minimum absolute atomic E-state index is 0.193. The van der Waals surface area contributed by atoms with E-state index in [-0.39, 0.29) is 5.02 Å². The molecule has 3 rings (SSSR count). The number of sulfonamides is 1. The van der Waals surface area contributed by atoms with Crippen molar-refractivity contribution >= 4 is 33.2 Å². The summed E-state index contributed by atoms with van der Waals surface area (Å²) in [5.74, 6) is -0.689. The molecule has 1 unspecified atom stereocenters. The van der Waals surface area contributed by atoms with Gasteiger partial charge in [-0.25, -0.2) is 13.1 Å². The van der Waals surface area contributed by atoms with Crippen LogP contribution in [-0.4, -0.2) is 26.4 Å². The van der Waals surface area contributed by atoms with Crippen molar-refractivity contribution in [3.63, 3.8) is 0 Å². The van der Waals surface area contributed by atoms with Crippen molar-refractivity contribution in [2.24, 2.45) is 0 Å². The molecule has 142 valence electrons. The standard InChI is InChI=1S/C17H15ClN2O6S/c1-26-16-4-2-3-11-12(16)6-7-13(11)17(21)19-27(24,25)10-5-8-14(18)15(9-10)20(22)23/h2-5,8-9,13H,6-7H2,1H3,(H,19,21). The third-order valence-electron chi connectivity index (χ3n) is 4.42. The fourth-order valence-electron chi connectivity index (χ4n) is 3.15. The van der Waals surface area contributed by atoms with Crippen LogP contribution in [0.1, 0.15) is 23.5 Å². The zero-order chi connectivity index (χ0) is 19.8. The molecule has 0 fully saturated rings. The maximum absolute atomic E-state index is 12.6. The van der Waals surface area contributed by atoms with Crippen molar-refractivity contribution in [2.45, 2.75) is 23.7 Å². The number of carbonyl (C=O) groups excluding carboxylic acids is 1. The first-order valence-electron chi connectivity index (χ1n) is 7.91. The van der Waals surface area contributed by atoms with Gasteiger partial charge in [0.15, 0.2) is 0 Å². The van der Waals surface area contributed by atoms with Crippen LogP contribution < -0.4 is 9.46 Å². The number of halogens is 1. The fraction of sp³-hybridized carbons (Fsp3) is 0.235. The molecule has 0 saturated heterocycles. The maximum atomic E-state index is 12.6. The molecule has 1 aliphatic rings. The molecule has 2 aromatic carbocycles. The molecule has 10 heteroatoms. The van der Waals surface area contributed by atoms with Gasteiger partial charge in [0.25, 0.3) is 15.7 Å². The minimum Gasteiger partial charge on any atom is -0.496 e. The van der Waals surface area contributed by atoms with Gasteiger partial charge in [0.05, 0.1) is 22.8 Å². The van der Waals surface area contributed by atoms with Crippen LogP contribution in [0.25, 0.3) is 0 Å². The van der Waals surface area contributed by atoms with Crippen LogP contribution in [0.2, 0.25) is 5.02 Å². The van der Waals surface area contributed by atoms with Gasteiger partial charge in [-0.2, -0.15) is 0 Å². The van der Waals surface area contributed by atoms with Crippen LogP contribution >= 0.6 is 11.6 Å². The number of carbonyl (C=O) groups is 1. The van der Waals surface area contributed by atoms with Crippen LogP contribution in [0.5, 0.6) is 5.75 Å². The van der Waals surface area contributed by atoms with Gasteiger partial charge in [-0.05, 0) is 42.2 Å². The first-order valence-corrected chi connectivity index (χ1v) is 9.77. The molecule has 2 aromatic rings. The summed E-state index contributed by atoms with van der Waals surface area (Å²) in [4.78, 5) is 22.4. The number of nitrogens with one attached hydrogen (secondary N) is 1. The van der Waals surface area contributed by atoms with E-state index in [0.717, 1.165) is 23.8 Å². The van der Waals surface area contributed by atoms with Crippen molar-refractivity contribution in [1.82, 2.24) is 4.72 Å². The summed E-state index contributed by atoms with van der Waals surface area (Å²) in [5.41, 5.74) is 1.03. The number of fused-ring (bicyclic) bond motifs is 1. The van der Waals surface area contributed by atoms with E-state index >= 15 is 0 Å². The molecular weight excluding hydrogens is 396 g/mol. The van der Waals surface area contributed by atoms with E-state index < -0.39 is 37.4 Å². The van der Waals surface area contributed by atoms with Crippen LogP contribution in [0.3, 0.4) is 0 Å². The summed E-state index contributed by atoms with van der Waals surface area (Å²) in [6.45, 7) is 0. The van der Waals surface area contributed by atoms with Gasteiger partial charge in [0.1, 0.15) is 10.8 Å². The second kappa shape index (κ2) is 7.16. The Balaban J connectivity index is 1.87. The molecule has 0 heterocycles. The Morgan fingerprint density at radius 1 is 1.33 bits per heavy atom. The molecule has 0 bridgehead atoms. The predicted octanol–water partition coefficient (Wildman–Crippen LogP) is 2.79. The van der Waals surface area contributed by atoms with Gasteiger partial charge in [-0.15, -0.1) is 0 Å². The monoisotopic (exact) mass is 410 g/mol. The topological polar surface area (TPSA) is 116 Å². The molecule has 1 amide bonds. The molecule has 27 heavy (non-hydrogen) atoms. The number of methoxy groups -OCH3 is 1. The molecular formula is C17H15ClN2O6S. The number of ether oxygens (including phenoxy) is 1. The summed E-state index contributed by atoms with van der Waals surface area (Å²) < 4.78 is 32.3. The third-order valence-corrected chi connectivity index (χ3v) is 6.09. The van der Waals surface area contributed by atoms with Crippen molar-refractivity contribution < 1.29 is 22.9 Å². The number of hydrogen-bond donors (Lipinski definition) is 1. The number of nitro benzene ring substituents is 1. The SMILES string of the molecule is COc1cccc2c1CCC2C(=O)NS(=O)(=O)c1ccc(Cl)c([N+](=O)[O-])c1. The van der Waals surface area contributed by atoms with E-state index in [1.165, 1.54) is 7.11 Å². The number of nitrogens with zero attached hydrogens (tertiary/aromatic N) is 1. The molecule has 0 spiro atoms. The van der Waals surface area contributed by atoms with Crippen molar-refractivity contribution in [2.75, 3.05) is 7.11 Å². The summed E-state index contributed by atoms with van der Waals surface area (Å²) in [6, 6.07) is 8.31. The number of benzene rings is 2. The van der Waals surface area contributed by atoms with Crippen molar-refractivity contribution in [3.8, 4) is 5.75 Å². The van der Waals surface area contributed by atoms with Gasteiger partial charge in [-0.3, -0.25) is 14.9 Å². The highest BCUT2D eigenvalue weighted by Crippen LogP contribution is 2.38. The Kier molecular flexibility index (Phi) is 5.07. The van der Waals surface area contributed by atoms with Gasteiger partial charge in [0.2, 0.25) is 5.91 Å². The second-order valence-electron chi connectivity index (χ2n) is 5.96. The Bertz CT molecular complexity index is 1040. The molecule has 0 saturated carbocycles. The maximum Gasteiger partial charge on any atom is 0.289 e. The lowest BCUT2D eigenvalue weighted by Gasteiger charge is -2.13. The average molecular weight is 411 g/mol. The normalized spacial score (nSPS) is 15.9. The Morgan fingerprint density at radius 2 is 2.07 bits per heavy atom. The number of hydrogen-bond acceptors (Lipinski definition) is 6. The predicted molar refractivity (Wildman–Crippen MR) is 97.5 cm³/mol. The fourth-order valence-corrected chi connectivity index (χ4v) is 4.37. The van der Waals surface area contributed by atoms with Crippen molar-refractivity contribution in [1.29, 1.82) is 0 Å². The van der Waals surface area contributed by atoms with E-state index in [0.29, 0.717) is 24.2 Å². The molecule has 1 N–H and O–H groups in total. The Labute approximate surface area is 160 Å². The lowest BCUT2D eigenvalue weighted by molar-refractivity contribution is -0.384. The summed E-state index contributed by atoms with van der Waals surface area (Å²) >= 11 is 5.70. The molecule has 1 aliphatic carbocycles. The lowest BCUT2D eigenvalue weighted by atomic mass is 10.0. The highest BCUT2D eigenvalue weighted by molar-refractivity contribution is 7.90. The highest BCUT2D eigenvalue weighted by atomic mass is 35.5. The van der Waals surface area contributed by atoms with Crippen LogP contribution in [0.4, 0.5) is 5.69 Å². The Morgan fingerprint density at radius 3 is 2.74 bits per heavy atom. The van der Waals surface area contributed by atoms with Gasteiger partial charge < -0.3 is 4.74 Å². The number of amides is 1. The smallest absolute Gasteiger partial charge is 0.289 e. The average Bonchev–Trinajstić information content (AvgIpc) is 3.05. The molecule has 1 atom stereocenters. The van der Waals surface area contributed by atoms with E-state index in [2.05, 4.69) is 0 Å². The van der Waals surface area contributed by atoms with Crippen LogP contribution in [0, 0.1) is 10.1 Å². The number of rotatable bonds is 5. The Hall–Kier alpha value is -2.65. The van der Waals surface area contributed by atoms with Crippen molar-refractivity contribution in [3.05, 3.63) is 62.7 Å². The second-order valence-corrected chi connectivity index (χ2v) is 8.05. The van der Waals surface area contributed by atoms with Gasteiger partial charge in [-0.1, -0.05) is 23.7 Å². The zero-order valence-corrected chi connectivity index (χ0v) is 15.7. The molecule has 8 nitrogen and oxygen atoms in total. The highest BCUT2D eigenvalue weighted by Gasteiger charge is 2.33. The minimum atomic E-state index is -4.28. The summed E-state index contributed by atoms with van der Waals surface area (Å²) in [7, 11) is -2.75. The summed E-state index contributed by atoms with van der Waals surface area (Å²) in [5, 5.41) is 10.8.